The zero-order valence-electron chi connectivity index (χ0n) is 8.90. The van der Waals surface area contributed by atoms with Crippen LogP contribution in [0.15, 0.2) is 47.1 Å². The van der Waals surface area contributed by atoms with Crippen LogP contribution in [0.2, 0.25) is 0 Å². The highest BCUT2D eigenvalue weighted by Gasteiger charge is 2.31. The van der Waals surface area contributed by atoms with Crippen LogP contribution in [0.25, 0.3) is 0 Å². The molecular formula is C12H7F3O3. The van der Waals surface area contributed by atoms with Crippen LogP contribution >= 0.6 is 0 Å². The van der Waals surface area contributed by atoms with Gasteiger partial charge in [0.2, 0.25) is 5.78 Å². The number of carbonyl (C=O) groups is 1. The van der Waals surface area contributed by atoms with E-state index in [2.05, 4.69) is 4.74 Å². The first-order valence-electron chi connectivity index (χ1n) is 4.90. The Morgan fingerprint density at radius 2 is 1.94 bits per heavy atom. The normalized spacial score (nSPS) is 11.3. The van der Waals surface area contributed by atoms with E-state index in [1.807, 2.05) is 0 Å². The fraction of sp³-hybridized carbons (Fsp3) is 0.0833. The van der Waals surface area contributed by atoms with Crippen LogP contribution in [0.1, 0.15) is 16.1 Å². The van der Waals surface area contributed by atoms with Crippen molar-refractivity contribution in [3.05, 3.63) is 54.0 Å². The maximum Gasteiger partial charge on any atom is 0.573 e. The first kappa shape index (κ1) is 12.2. The summed E-state index contributed by atoms with van der Waals surface area (Å²) in [5, 5.41) is 0. The topological polar surface area (TPSA) is 39.4 Å². The molecule has 2 aromatic rings. The van der Waals surface area contributed by atoms with Crippen molar-refractivity contribution in [1.82, 2.24) is 0 Å². The van der Waals surface area contributed by atoms with E-state index in [4.69, 9.17) is 4.42 Å². The third-order valence-electron chi connectivity index (χ3n) is 2.07. The van der Waals surface area contributed by atoms with E-state index in [0.29, 0.717) is 0 Å². The maximum absolute atomic E-state index is 12.0. The number of furan rings is 1. The smallest absolute Gasteiger partial charge is 0.461 e. The molecule has 0 spiro atoms. The molecule has 0 aliphatic rings. The minimum absolute atomic E-state index is 0.0548. The van der Waals surface area contributed by atoms with Gasteiger partial charge in [-0.25, -0.2) is 0 Å². The number of ketones is 1. The van der Waals surface area contributed by atoms with E-state index >= 15 is 0 Å². The van der Waals surface area contributed by atoms with E-state index in [-0.39, 0.29) is 11.3 Å². The fourth-order valence-corrected chi connectivity index (χ4v) is 1.38. The molecule has 0 N–H and O–H groups in total. The predicted octanol–water partition coefficient (Wildman–Crippen LogP) is 3.41. The van der Waals surface area contributed by atoms with Crippen molar-refractivity contribution in [2.75, 3.05) is 0 Å². The number of hydrogen-bond donors (Lipinski definition) is 0. The highest BCUT2D eigenvalue weighted by atomic mass is 19.4. The Morgan fingerprint density at radius 1 is 1.17 bits per heavy atom. The van der Waals surface area contributed by atoms with Gasteiger partial charge >= 0.3 is 6.36 Å². The summed E-state index contributed by atoms with van der Waals surface area (Å²) >= 11 is 0. The molecule has 6 heteroatoms. The third-order valence-corrected chi connectivity index (χ3v) is 2.07. The van der Waals surface area contributed by atoms with Crippen LogP contribution < -0.4 is 4.74 Å². The molecule has 0 unspecified atom stereocenters. The van der Waals surface area contributed by atoms with Crippen molar-refractivity contribution < 1.29 is 27.1 Å². The Balaban J connectivity index is 2.25. The summed E-state index contributed by atoms with van der Waals surface area (Å²) in [6, 6.07) is 7.76. The molecule has 1 aromatic heterocycles. The van der Waals surface area contributed by atoms with Gasteiger partial charge in [0.15, 0.2) is 5.76 Å². The monoisotopic (exact) mass is 256 g/mol. The lowest BCUT2D eigenvalue weighted by molar-refractivity contribution is -0.274. The van der Waals surface area contributed by atoms with Crippen LogP contribution in [0.5, 0.6) is 5.75 Å². The number of benzene rings is 1. The van der Waals surface area contributed by atoms with Crippen LogP contribution in [0.4, 0.5) is 13.2 Å². The van der Waals surface area contributed by atoms with E-state index in [1.165, 1.54) is 30.5 Å². The molecule has 1 aromatic carbocycles. The molecule has 0 atom stereocenters. The van der Waals surface area contributed by atoms with Crippen LogP contribution in [0, 0.1) is 0 Å². The van der Waals surface area contributed by atoms with Crippen LogP contribution in [0.3, 0.4) is 0 Å². The summed E-state index contributed by atoms with van der Waals surface area (Å²) in [4.78, 5) is 11.8. The Morgan fingerprint density at radius 3 is 2.56 bits per heavy atom. The number of hydrogen-bond acceptors (Lipinski definition) is 3. The van der Waals surface area contributed by atoms with E-state index in [0.717, 1.165) is 12.1 Å². The second-order valence-corrected chi connectivity index (χ2v) is 3.38. The summed E-state index contributed by atoms with van der Waals surface area (Å²) in [5.74, 6) is -0.897. The van der Waals surface area contributed by atoms with Crippen molar-refractivity contribution in [2.45, 2.75) is 6.36 Å². The maximum atomic E-state index is 12.0. The van der Waals surface area contributed by atoms with Gasteiger partial charge in [0.1, 0.15) is 5.75 Å². The van der Waals surface area contributed by atoms with Crippen LogP contribution in [-0.4, -0.2) is 12.1 Å². The summed E-state index contributed by atoms with van der Waals surface area (Å²) in [7, 11) is 0. The molecule has 1 heterocycles. The molecule has 0 aliphatic heterocycles. The second kappa shape index (κ2) is 4.56. The molecule has 18 heavy (non-hydrogen) atoms. The molecule has 0 saturated heterocycles. The zero-order valence-corrected chi connectivity index (χ0v) is 8.90. The van der Waals surface area contributed by atoms with Gasteiger partial charge in [-0.1, -0.05) is 12.1 Å². The van der Waals surface area contributed by atoms with Gasteiger partial charge in [-0.15, -0.1) is 13.2 Å². The molecule has 0 bridgehead atoms. The first-order valence-corrected chi connectivity index (χ1v) is 4.90. The van der Waals surface area contributed by atoms with Crippen molar-refractivity contribution >= 4 is 5.78 Å². The standard InChI is InChI=1S/C12H7F3O3/c13-12(14,15)18-9-4-1-3-8(7-9)11(16)10-5-2-6-17-10/h1-7H. The lowest BCUT2D eigenvalue weighted by atomic mass is 10.1. The Labute approximate surface area is 99.8 Å². The van der Waals surface area contributed by atoms with Gasteiger partial charge < -0.3 is 9.15 Å². The average Bonchev–Trinajstić information content (AvgIpc) is 2.79. The summed E-state index contributed by atoms with van der Waals surface area (Å²) in [6.07, 6.45) is -3.48. The quantitative estimate of drug-likeness (QED) is 0.790. The molecule has 0 amide bonds. The Hall–Kier alpha value is -2.24. The highest BCUT2D eigenvalue weighted by Crippen LogP contribution is 2.24. The molecule has 94 valence electrons. The van der Waals surface area contributed by atoms with Gasteiger partial charge in [-0.3, -0.25) is 4.79 Å². The number of halogens is 3. The number of rotatable bonds is 3. The van der Waals surface area contributed by atoms with E-state index in [9.17, 15) is 18.0 Å². The van der Waals surface area contributed by atoms with Crippen molar-refractivity contribution in [3.8, 4) is 5.75 Å². The molecule has 0 radical (unpaired) electrons. The molecule has 3 nitrogen and oxygen atoms in total. The molecule has 0 fully saturated rings. The molecular weight excluding hydrogens is 249 g/mol. The summed E-state index contributed by atoms with van der Waals surface area (Å²) in [5.41, 5.74) is 0.0618. The van der Waals surface area contributed by atoms with E-state index < -0.39 is 17.9 Å². The Kier molecular flexibility index (Phi) is 3.10. The van der Waals surface area contributed by atoms with Gasteiger partial charge in [-0.2, -0.15) is 0 Å². The second-order valence-electron chi connectivity index (χ2n) is 3.38. The fourth-order valence-electron chi connectivity index (χ4n) is 1.38. The summed E-state index contributed by atoms with van der Waals surface area (Å²) < 4.78 is 44.7. The average molecular weight is 256 g/mol. The van der Waals surface area contributed by atoms with E-state index in [1.54, 1.807) is 0 Å². The Bertz CT molecular complexity index is 544. The largest absolute Gasteiger partial charge is 0.573 e. The SMILES string of the molecule is O=C(c1cccc(OC(F)(F)F)c1)c1ccco1. The number of alkyl halides is 3. The van der Waals surface area contributed by atoms with Gasteiger partial charge in [0.05, 0.1) is 6.26 Å². The van der Waals surface area contributed by atoms with Gasteiger partial charge in [-0.05, 0) is 24.3 Å². The lowest BCUT2D eigenvalue weighted by Crippen LogP contribution is -2.17. The van der Waals surface area contributed by atoms with Crippen LogP contribution in [-0.2, 0) is 0 Å². The molecule has 2 rings (SSSR count). The number of carbonyl (C=O) groups excluding carboxylic acids is 1. The van der Waals surface area contributed by atoms with Crippen molar-refractivity contribution in [3.63, 3.8) is 0 Å². The minimum atomic E-state index is -4.79. The van der Waals surface area contributed by atoms with Gasteiger partial charge in [0, 0.05) is 5.56 Å². The predicted molar refractivity (Wildman–Crippen MR) is 55.3 cm³/mol. The minimum Gasteiger partial charge on any atom is -0.461 e. The zero-order chi connectivity index (χ0) is 13.2. The number of ether oxygens (including phenoxy) is 1. The highest BCUT2D eigenvalue weighted by molar-refractivity contribution is 6.07. The lowest BCUT2D eigenvalue weighted by Gasteiger charge is -2.09. The van der Waals surface area contributed by atoms with Gasteiger partial charge in [0.25, 0.3) is 0 Å². The summed E-state index contributed by atoms with van der Waals surface area (Å²) in [6.45, 7) is 0. The first-order chi connectivity index (χ1) is 8.46. The third kappa shape index (κ3) is 2.91. The van der Waals surface area contributed by atoms with Crippen molar-refractivity contribution in [2.24, 2.45) is 0 Å². The van der Waals surface area contributed by atoms with Crippen molar-refractivity contribution in [1.29, 1.82) is 0 Å². The molecule has 0 aliphatic carbocycles. The molecule has 0 saturated carbocycles.